The Balaban J connectivity index is 1.78. The minimum absolute atomic E-state index is 0.0578. The number of para-hydroxylation sites is 1. The fourth-order valence-corrected chi connectivity index (χ4v) is 3.06. The van der Waals surface area contributed by atoms with Crippen molar-refractivity contribution in [3.05, 3.63) is 65.2 Å². The Labute approximate surface area is 129 Å². The molecule has 1 aliphatic rings. The van der Waals surface area contributed by atoms with Crippen LogP contribution >= 0.6 is 11.6 Å². The number of nitrogens with one attached hydrogen (secondary N) is 1. The first-order valence-electron chi connectivity index (χ1n) is 7.13. The first kappa shape index (κ1) is 14.0. The number of amides is 2. The van der Waals surface area contributed by atoms with Gasteiger partial charge in [-0.2, -0.15) is 0 Å². The second-order valence-corrected chi connectivity index (χ2v) is 5.58. The Morgan fingerprint density at radius 1 is 1.10 bits per heavy atom. The standard InChI is InChI=1S/C17H17ClN2O/c18-15-10-5-4-9-14(15)16-11-6-12-20(16)17(21)19-13-7-2-1-3-8-13/h1-5,7-10,16H,6,11-12H2,(H,19,21)/t16-/m0/s1. The van der Waals surface area contributed by atoms with E-state index in [0.29, 0.717) is 0 Å². The van der Waals surface area contributed by atoms with Crippen LogP contribution in [0, 0.1) is 0 Å². The summed E-state index contributed by atoms with van der Waals surface area (Å²) >= 11 is 6.28. The summed E-state index contributed by atoms with van der Waals surface area (Å²) in [6.07, 6.45) is 1.95. The average Bonchev–Trinajstić information content (AvgIpc) is 2.98. The van der Waals surface area contributed by atoms with E-state index < -0.39 is 0 Å². The van der Waals surface area contributed by atoms with Gasteiger partial charge in [-0.25, -0.2) is 4.79 Å². The molecular weight excluding hydrogens is 284 g/mol. The zero-order valence-corrected chi connectivity index (χ0v) is 12.4. The van der Waals surface area contributed by atoms with Crippen LogP contribution in [0.25, 0.3) is 0 Å². The number of carbonyl (C=O) groups excluding carboxylic acids is 1. The summed E-state index contributed by atoms with van der Waals surface area (Å²) in [4.78, 5) is 14.4. The minimum atomic E-state index is -0.0661. The summed E-state index contributed by atoms with van der Waals surface area (Å²) in [5.74, 6) is 0. The number of hydrogen-bond acceptors (Lipinski definition) is 1. The predicted molar refractivity (Wildman–Crippen MR) is 85.6 cm³/mol. The topological polar surface area (TPSA) is 32.3 Å². The van der Waals surface area contributed by atoms with Crippen LogP contribution in [0.4, 0.5) is 10.5 Å². The van der Waals surface area contributed by atoms with Crippen molar-refractivity contribution in [2.24, 2.45) is 0 Å². The fraction of sp³-hybridized carbons (Fsp3) is 0.235. The lowest BCUT2D eigenvalue weighted by Gasteiger charge is -2.26. The Kier molecular flexibility index (Phi) is 4.11. The molecule has 0 aromatic heterocycles. The smallest absolute Gasteiger partial charge is 0.317 e. The summed E-state index contributed by atoms with van der Waals surface area (Å²) in [5.41, 5.74) is 1.84. The Bertz CT molecular complexity index is 630. The molecule has 2 aromatic carbocycles. The number of hydrogen-bond donors (Lipinski definition) is 1. The molecule has 1 saturated heterocycles. The van der Waals surface area contributed by atoms with Gasteiger partial charge >= 0.3 is 6.03 Å². The van der Waals surface area contributed by atoms with Crippen LogP contribution in [0.2, 0.25) is 5.02 Å². The molecule has 3 nitrogen and oxygen atoms in total. The quantitative estimate of drug-likeness (QED) is 0.856. The maximum atomic E-state index is 12.5. The zero-order chi connectivity index (χ0) is 14.7. The number of urea groups is 1. The lowest BCUT2D eigenvalue weighted by Crippen LogP contribution is -2.34. The molecule has 1 atom stereocenters. The predicted octanol–water partition coefficient (Wildman–Crippen LogP) is 4.71. The van der Waals surface area contributed by atoms with Gasteiger partial charge in [0, 0.05) is 17.3 Å². The molecule has 0 unspecified atom stereocenters. The molecule has 2 amide bonds. The highest BCUT2D eigenvalue weighted by atomic mass is 35.5. The molecular formula is C17H17ClN2O. The molecule has 3 rings (SSSR count). The lowest BCUT2D eigenvalue weighted by molar-refractivity contribution is 0.207. The van der Waals surface area contributed by atoms with E-state index in [0.717, 1.165) is 35.7 Å². The lowest BCUT2D eigenvalue weighted by atomic mass is 10.0. The molecule has 0 saturated carbocycles. The van der Waals surface area contributed by atoms with E-state index >= 15 is 0 Å². The molecule has 0 bridgehead atoms. The minimum Gasteiger partial charge on any atom is -0.317 e. The van der Waals surface area contributed by atoms with E-state index in [1.165, 1.54) is 0 Å². The molecule has 0 aliphatic carbocycles. The van der Waals surface area contributed by atoms with Crippen LogP contribution in [0.3, 0.4) is 0 Å². The van der Waals surface area contributed by atoms with Crippen molar-refractivity contribution in [3.8, 4) is 0 Å². The van der Waals surface area contributed by atoms with Crippen molar-refractivity contribution >= 4 is 23.3 Å². The van der Waals surface area contributed by atoms with Crippen LogP contribution in [-0.2, 0) is 0 Å². The third-order valence-electron chi connectivity index (χ3n) is 3.80. The van der Waals surface area contributed by atoms with Crippen molar-refractivity contribution in [1.29, 1.82) is 0 Å². The largest absolute Gasteiger partial charge is 0.322 e. The third-order valence-corrected chi connectivity index (χ3v) is 4.15. The molecule has 1 aliphatic heterocycles. The zero-order valence-electron chi connectivity index (χ0n) is 11.6. The molecule has 0 radical (unpaired) electrons. The molecule has 2 aromatic rings. The van der Waals surface area contributed by atoms with Crippen molar-refractivity contribution < 1.29 is 4.79 Å². The molecule has 1 heterocycles. The fourth-order valence-electron chi connectivity index (χ4n) is 2.80. The van der Waals surface area contributed by atoms with E-state index in [9.17, 15) is 4.79 Å². The number of likely N-dealkylation sites (tertiary alicyclic amines) is 1. The van der Waals surface area contributed by atoms with Gasteiger partial charge in [-0.1, -0.05) is 48.0 Å². The summed E-state index contributed by atoms with van der Waals surface area (Å²) in [7, 11) is 0. The van der Waals surface area contributed by atoms with E-state index in [1.54, 1.807) is 0 Å². The Hall–Kier alpha value is -2.00. The van der Waals surface area contributed by atoms with E-state index in [4.69, 9.17) is 11.6 Å². The highest BCUT2D eigenvalue weighted by Crippen LogP contribution is 2.35. The van der Waals surface area contributed by atoms with Gasteiger partial charge in [0.1, 0.15) is 0 Å². The Morgan fingerprint density at radius 3 is 2.57 bits per heavy atom. The third kappa shape index (κ3) is 3.03. The summed E-state index contributed by atoms with van der Waals surface area (Å²) in [6, 6.07) is 17.3. The second-order valence-electron chi connectivity index (χ2n) is 5.17. The average molecular weight is 301 g/mol. The second kappa shape index (κ2) is 6.19. The molecule has 1 fully saturated rings. The highest BCUT2D eigenvalue weighted by molar-refractivity contribution is 6.31. The summed E-state index contributed by atoms with van der Waals surface area (Å²) in [5, 5.41) is 3.67. The van der Waals surface area contributed by atoms with E-state index in [1.807, 2.05) is 59.5 Å². The van der Waals surface area contributed by atoms with Crippen LogP contribution in [0.1, 0.15) is 24.4 Å². The van der Waals surface area contributed by atoms with Gasteiger partial charge in [0.2, 0.25) is 0 Å². The molecule has 1 N–H and O–H groups in total. The van der Waals surface area contributed by atoms with Gasteiger partial charge in [-0.3, -0.25) is 0 Å². The first-order chi connectivity index (χ1) is 10.3. The van der Waals surface area contributed by atoms with Crippen LogP contribution < -0.4 is 5.32 Å². The van der Waals surface area contributed by atoms with Crippen LogP contribution in [-0.4, -0.2) is 17.5 Å². The highest BCUT2D eigenvalue weighted by Gasteiger charge is 2.31. The molecule has 21 heavy (non-hydrogen) atoms. The number of nitrogens with zero attached hydrogens (tertiary/aromatic N) is 1. The molecule has 4 heteroatoms. The van der Waals surface area contributed by atoms with E-state index in [-0.39, 0.29) is 12.1 Å². The van der Waals surface area contributed by atoms with Crippen LogP contribution in [0.5, 0.6) is 0 Å². The number of rotatable bonds is 2. The normalized spacial score (nSPS) is 17.8. The van der Waals surface area contributed by atoms with E-state index in [2.05, 4.69) is 5.32 Å². The first-order valence-corrected chi connectivity index (χ1v) is 7.50. The number of carbonyl (C=O) groups is 1. The van der Waals surface area contributed by atoms with Crippen molar-refractivity contribution in [1.82, 2.24) is 4.90 Å². The van der Waals surface area contributed by atoms with Gasteiger partial charge < -0.3 is 10.2 Å². The summed E-state index contributed by atoms with van der Waals surface area (Å²) in [6.45, 7) is 0.758. The van der Waals surface area contributed by atoms with Gasteiger partial charge in [0.25, 0.3) is 0 Å². The van der Waals surface area contributed by atoms with Gasteiger partial charge in [0.15, 0.2) is 0 Å². The van der Waals surface area contributed by atoms with Crippen LogP contribution in [0.15, 0.2) is 54.6 Å². The summed E-state index contributed by atoms with van der Waals surface area (Å²) < 4.78 is 0. The molecule has 0 spiro atoms. The van der Waals surface area contributed by atoms with Crippen molar-refractivity contribution in [3.63, 3.8) is 0 Å². The number of anilines is 1. The molecule has 108 valence electrons. The monoisotopic (exact) mass is 300 g/mol. The maximum absolute atomic E-state index is 12.5. The maximum Gasteiger partial charge on any atom is 0.322 e. The van der Waals surface area contributed by atoms with Crippen molar-refractivity contribution in [2.75, 3.05) is 11.9 Å². The SMILES string of the molecule is O=C(Nc1ccccc1)N1CCC[C@H]1c1ccccc1Cl. The van der Waals surface area contributed by atoms with Gasteiger partial charge in [-0.05, 0) is 36.6 Å². The van der Waals surface area contributed by atoms with Crippen molar-refractivity contribution in [2.45, 2.75) is 18.9 Å². The Morgan fingerprint density at radius 2 is 1.81 bits per heavy atom. The number of benzene rings is 2. The number of halogens is 1. The van der Waals surface area contributed by atoms with Gasteiger partial charge in [-0.15, -0.1) is 0 Å². The van der Waals surface area contributed by atoms with Gasteiger partial charge in [0.05, 0.1) is 6.04 Å².